The SMILES string of the molecule is CC(C)OC(=O)C1CCCCC12CC2. The van der Waals surface area contributed by atoms with Crippen LogP contribution >= 0.6 is 0 Å². The molecule has 2 saturated carbocycles. The second kappa shape index (κ2) is 3.56. The van der Waals surface area contributed by atoms with Crippen LogP contribution in [0.15, 0.2) is 0 Å². The van der Waals surface area contributed by atoms with Crippen molar-refractivity contribution in [3.05, 3.63) is 0 Å². The van der Waals surface area contributed by atoms with E-state index in [1.165, 1.54) is 32.1 Å². The third kappa shape index (κ3) is 1.79. The molecule has 0 N–H and O–H groups in total. The molecule has 1 spiro atoms. The molecule has 0 aromatic rings. The maximum atomic E-state index is 11.8. The Balaban J connectivity index is 1.98. The Morgan fingerprint density at radius 1 is 1.29 bits per heavy atom. The van der Waals surface area contributed by atoms with Crippen molar-refractivity contribution in [1.82, 2.24) is 0 Å². The normalized spacial score (nSPS) is 29.2. The quantitative estimate of drug-likeness (QED) is 0.635. The first kappa shape index (κ1) is 10.0. The fourth-order valence-corrected chi connectivity index (χ4v) is 2.75. The molecule has 14 heavy (non-hydrogen) atoms. The van der Waals surface area contributed by atoms with Gasteiger partial charge in [-0.3, -0.25) is 4.79 Å². The van der Waals surface area contributed by atoms with E-state index < -0.39 is 0 Å². The predicted octanol–water partition coefficient (Wildman–Crippen LogP) is 2.91. The van der Waals surface area contributed by atoms with Gasteiger partial charge in [-0.25, -0.2) is 0 Å². The highest BCUT2D eigenvalue weighted by Crippen LogP contribution is 2.59. The van der Waals surface area contributed by atoms with Crippen molar-refractivity contribution in [2.75, 3.05) is 0 Å². The van der Waals surface area contributed by atoms with E-state index in [0.717, 1.165) is 6.42 Å². The zero-order valence-electron chi connectivity index (χ0n) is 9.21. The van der Waals surface area contributed by atoms with Crippen LogP contribution < -0.4 is 0 Å². The van der Waals surface area contributed by atoms with Gasteiger partial charge in [0, 0.05) is 0 Å². The van der Waals surface area contributed by atoms with Gasteiger partial charge in [0.25, 0.3) is 0 Å². The Bertz CT molecular complexity index is 228. The van der Waals surface area contributed by atoms with Crippen LogP contribution in [0.25, 0.3) is 0 Å². The van der Waals surface area contributed by atoms with Crippen LogP contribution in [-0.2, 0) is 9.53 Å². The summed E-state index contributed by atoms with van der Waals surface area (Å²) in [4.78, 5) is 11.8. The molecule has 0 bridgehead atoms. The standard InChI is InChI=1S/C12H20O2/c1-9(2)14-11(13)10-5-3-4-6-12(10)7-8-12/h9-10H,3-8H2,1-2H3. The second-order valence-corrected chi connectivity index (χ2v) is 5.15. The van der Waals surface area contributed by atoms with E-state index in [2.05, 4.69) is 0 Å². The number of carbonyl (C=O) groups excluding carboxylic acids is 1. The Labute approximate surface area is 86.0 Å². The highest BCUT2D eigenvalue weighted by molar-refractivity contribution is 5.74. The van der Waals surface area contributed by atoms with E-state index in [1.807, 2.05) is 13.8 Å². The smallest absolute Gasteiger partial charge is 0.309 e. The highest BCUT2D eigenvalue weighted by Gasteiger charge is 2.53. The average Bonchev–Trinajstić information content (AvgIpc) is 2.85. The van der Waals surface area contributed by atoms with Crippen molar-refractivity contribution < 1.29 is 9.53 Å². The Kier molecular flexibility index (Phi) is 2.54. The van der Waals surface area contributed by atoms with E-state index in [4.69, 9.17) is 4.74 Å². The summed E-state index contributed by atoms with van der Waals surface area (Å²) in [5.74, 6) is 0.288. The zero-order chi connectivity index (χ0) is 10.2. The zero-order valence-corrected chi connectivity index (χ0v) is 9.21. The van der Waals surface area contributed by atoms with Gasteiger partial charge in [-0.1, -0.05) is 12.8 Å². The Morgan fingerprint density at radius 3 is 2.57 bits per heavy atom. The molecule has 0 saturated heterocycles. The lowest BCUT2D eigenvalue weighted by Gasteiger charge is -2.30. The van der Waals surface area contributed by atoms with E-state index in [-0.39, 0.29) is 18.0 Å². The van der Waals surface area contributed by atoms with Crippen LogP contribution in [0, 0.1) is 11.3 Å². The number of hydrogen-bond acceptors (Lipinski definition) is 2. The number of esters is 1. The predicted molar refractivity (Wildman–Crippen MR) is 54.9 cm³/mol. The van der Waals surface area contributed by atoms with Crippen molar-refractivity contribution in [3.63, 3.8) is 0 Å². The van der Waals surface area contributed by atoms with E-state index in [9.17, 15) is 4.79 Å². The van der Waals surface area contributed by atoms with Gasteiger partial charge >= 0.3 is 5.97 Å². The molecule has 2 fully saturated rings. The molecule has 1 atom stereocenters. The minimum Gasteiger partial charge on any atom is -0.463 e. The lowest BCUT2D eigenvalue weighted by molar-refractivity contribution is -0.156. The first-order chi connectivity index (χ1) is 6.64. The first-order valence-corrected chi connectivity index (χ1v) is 5.84. The average molecular weight is 196 g/mol. The Hall–Kier alpha value is -0.530. The van der Waals surface area contributed by atoms with Gasteiger partial charge in [0.15, 0.2) is 0 Å². The largest absolute Gasteiger partial charge is 0.463 e. The molecule has 0 heterocycles. The molecule has 0 aromatic carbocycles. The number of hydrogen-bond donors (Lipinski definition) is 0. The van der Waals surface area contributed by atoms with Gasteiger partial charge in [-0.05, 0) is 44.9 Å². The summed E-state index contributed by atoms with van der Waals surface area (Å²) in [6.45, 7) is 3.86. The van der Waals surface area contributed by atoms with E-state index >= 15 is 0 Å². The number of carbonyl (C=O) groups is 1. The van der Waals surface area contributed by atoms with Crippen molar-refractivity contribution in [3.8, 4) is 0 Å². The molecular formula is C12H20O2. The fraction of sp³-hybridized carbons (Fsp3) is 0.917. The molecule has 1 unspecified atom stereocenters. The molecular weight excluding hydrogens is 176 g/mol. The van der Waals surface area contributed by atoms with Crippen molar-refractivity contribution >= 4 is 5.97 Å². The maximum Gasteiger partial charge on any atom is 0.309 e. The topological polar surface area (TPSA) is 26.3 Å². The number of ether oxygens (including phenoxy) is 1. The third-order valence-electron chi connectivity index (χ3n) is 3.69. The third-order valence-corrected chi connectivity index (χ3v) is 3.69. The molecule has 0 aromatic heterocycles. The summed E-state index contributed by atoms with van der Waals surface area (Å²) in [7, 11) is 0. The van der Waals surface area contributed by atoms with Crippen LogP contribution in [0.4, 0.5) is 0 Å². The molecule has 0 aliphatic heterocycles. The van der Waals surface area contributed by atoms with Gasteiger partial charge in [0.2, 0.25) is 0 Å². The van der Waals surface area contributed by atoms with Gasteiger partial charge in [-0.2, -0.15) is 0 Å². The molecule has 2 rings (SSSR count). The van der Waals surface area contributed by atoms with Gasteiger partial charge in [0.05, 0.1) is 12.0 Å². The summed E-state index contributed by atoms with van der Waals surface area (Å²) in [5.41, 5.74) is 0.379. The fourth-order valence-electron chi connectivity index (χ4n) is 2.75. The summed E-state index contributed by atoms with van der Waals surface area (Å²) >= 11 is 0. The van der Waals surface area contributed by atoms with Gasteiger partial charge in [-0.15, -0.1) is 0 Å². The molecule has 2 nitrogen and oxygen atoms in total. The van der Waals surface area contributed by atoms with Crippen LogP contribution in [0.5, 0.6) is 0 Å². The summed E-state index contributed by atoms with van der Waals surface area (Å²) < 4.78 is 5.33. The number of rotatable bonds is 2. The van der Waals surface area contributed by atoms with Crippen LogP contribution in [-0.4, -0.2) is 12.1 Å². The van der Waals surface area contributed by atoms with Crippen LogP contribution in [0.1, 0.15) is 52.4 Å². The van der Waals surface area contributed by atoms with E-state index in [1.54, 1.807) is 0 Å². The lowest BCUT2D eigenvalue weighted by atomic mass is 9.76. The minimum absolute atomic E-state index is 0.0419. The maximum absolute atomic E-state index is 11.8. The van der Waals surface area contributed by atoms with Crippen molar-refractivity contribution in [1.29, 1.82) is 0 Å². The molecule has 80 valence electrons. The summed E-state index contributed by atoms with van der Waals surface area (Å²) in [6, 6.07) is 0. The molecule has 0 radical (unpaired) electrons. The lowest BCUT2D eigenvalue weighted by Crippen LogP contribution is -2.31. The molecule has 2 aliphatic carbocycles. The summed E-state index contributed by atoms with van der Waals surface area (Å²) in [6.07, 6.45) is 7.39. The first-order valence-electron chi connectivity index (χ1n) is 5.84. The van der Waals surface area contributed by atoms with E-state index in [0.29, 0.717) is 5.41 Å². The highest BCUT2D eigenvalue weighted by atomic mass is 16.5. The van der Waals surface area contributed by atoms with Crippen molar-refractivity contribution in [2.24, 2.45) is 11.3 Å². The minimum atomic E-state index is 0.0419. The van der Waals surface area contributed by atoms with Gasteiger partial charge in [0.1, 0.15) is 0 Å². The monoisotopic (exact) mass is 196 g/mol. The van der Waals surface area contributed by atoms with Crippen LogP contribution in [0.3, 0.4) is 0 Å². The second-order valence-electron chi connectivity index (χ2n) is 5.15. The Morgan fingerprint density at radius 2 is 2.00 bits per heavy atom. The molecule has 0 amide bonds. The van der Waals surface area contributed by atoms with Crippen LogP contribution in [0.2, 0.25) is 0 Å². The summed E-state index contributed by atoms with van der Waals surface area (Å²) in [5, 5.41) is 0. The molecule has 2 aliphatic rings. The molecule has 2 heteroatoms. The van der Waals surface area contributed by atoms with Gasteiger partial charge < -0.3 is 4.74 Å². The van der Waals surface area contributed by atoms with Crippen molar-refractivity contribution in [2.45, 2.75) is 58.5 Å².